The lowest BCUT2D eigenvalue weighted by molar-refractivity contribution is -0.383. The van der Waals surface area contributed by atoms with Crippen molar-refractivity contribution >= 4 is 28.6 Å². The van der Waals surface area contributed by atoms with Crippen LogP contribution in [0.1, 0.15) is 18.2 Å². The van der Waals surface area contributed by atoms with Crippen LogP contribution in [0.15, 0.2) is 42.6 Å². The summed E-state index contributed by atoms with van der Waals surface area (Å²) in [7, 11) is 7.38. The highest BCUT2D eigenvalue weighted by molar-refractivity contribution is 5.99. The van der Waals surface area contributed by atoms with Crippen molar-refractivity contribution in [2.45, 2.75) is 13.5 Å². The molecule has 168 valence electrons. The molecule has 9 heteroatoms. The van der Waals surface area contributed by atoms with Gasteiger partial charge in [-0.1, -0.05) is 0 Å². The molecule has 0 spiro atoms. The number of hydrogen-bond acceptors (Lipinski definition) is 7. The molecule has 3 aromatic rings. The molecule has 1 aromatic heterocycles. The van der Waals surface area contributed by atoms with Crippen LogP contribution in [0.4, 0.5) is 5.69 Å². The highest BCUT2D eigenvalue weighted by atomic mass is 16.6. The van der Waals surface area contributed by atoms with Crippen molar-refractivity contribution in [1.82, 2.24) is 14.4 Å². The molecule has 1 N–H and O–H groups in total. The second-order valence-corrected chi connectivity index (χ2v) is 7.89. The Bertz CT molecular complexity index is 1190. The van der Waals surface area contributed by atoms with Gasteiger partial charge in [-0.2, -0.15) is 0 Å². The van der Waals surface area contributed by atoms with Crippen LogP contribution in [0.3, 0.4) is 0 Å². The van der Waals surface area contributed by atoms with Crippen LogP contribution in [-0.2, 0) is 11.3 Å². The first-order valence-electron chi connectivity index (χ1n) is 9.92. The summed E-state index contributed by atoms with van der Waals surface area (Å²) in [6.07, 6.45) is 3.41. The zero-order valence-corrected chi connectivity index (χ0v) is 18.7. The standard InChI is InChI=1S/C23H26N4O5/c1-15(28)32-21-11-10-18-22(19(21)14-25(4)5)26(16-6-8-17(29)9-7-16)20(12-13-24(2)3)23(18)27(30)31/h6-13,29H,14H2,1-5H3. The highest BCUT2D eigenvalue weighted by Crippen LogP contribution is 2.41. The van der Waals surface area contributed by atoms with Gasteiger partial charge in [0, 0.05) is 45.0 Å². The van der Waals surface area contributed by atoms with Crippen LogP contribution in [0.5, 0.6) is 11.5 Å². The van der Waals surface area contributed by atoms with Gasteiger partial charge in [-0.15, -0.1) is 0 Å². The number of carbonyl (C=O) groups excluding carboxylic acids is 1. The molecule has 0 amide bonds. The van der Waals surface area contributed by atoms with Crippen molar-refractivity contribution in [1.29, 1.82) is 0 Å². The van der Waals surface area contributed by atoms with E-state index in [1.807, 2.05) is 33.1 Å². The summed E-state index contributed by atoms with van der Waals surface area (Å²) in [6, 6.07) is 9.61. The Kier molecular flexibility index (Phi) is 6.50. The number of phenols is 1. The minimum Gasteiger partial charge on any atom is -0.508 e. The molecular weight excluding hydrogens is 412 g/mol. The van der Waals surface area contributed by atoms with Gasteiger partial charge >= 0.3 is 11.7 Å². The van der Waals surface area contributed by atoms with Crippen molar-refractivity contribution < 1.29 is 19.6 Å². The smallest absolute Gasteiger partial charge is 0.308 e. The molecule has 0 saturated carbocycles. The number of aromatic hydroxyl groups is 1. The number of esters is 1. The quantitative estimate of drug-likeness (QED) is 0.259. The Labute approximate surface area is 185 Å². The zero-order valence-electron chi connectivity index (χ0n) is 18.7. The lowest BCUT2D eigenvalue weighted by Gasteiger charge is -2.17. The summed E-state index contributed by atoms with van der Waals surface area (Å²) in [4.78, 5) is 27.2. The third-order valence-electron chi connectivity index (χ3n) is 4.75. The molecule has 0 aliphatic rings. The molecule has 0 radical (unpaired) electrons. The fourth-order valence-corrected chi connectivity index (χ4v) is 3.58. The average Bonchev–Trinajstić information content (AvgIpc) is 3.02. The fourth-order valence-electron chi connectivity index (χ4n) is 3.58. The second-order valence-electron chi connectivity index (χ2n) is 7.89. The van der Waals surface area contributed by atoms with Crippen molar-refractivity contribution in [3.05, 3.63) is 64.0 Å². The normalized spacial score (nSPS) is 11.4. The van der Waals surface area contributed by atoms with Gasteiger partial charge in [-0.3, -0.25) is 14.9 Å². The van der Waals surface area contributed by atoms with Crippen molar-refractivity contribution in [3.8, 4) is 17.2 Å². The molecule has 0 unspecified atom stereocenters. The van der Waals surface area contributed by atoms with Crippen LogP contribution in [-0.4, -0.2) is 58.6 Å². The van der Waals surface area contributed by atoms with E-state index < -0.39 is 10.9 Å². The van der Waals surface area contributed by atoms with E-state index in [-0.39, 0.29) is 11.4 Å². The maximum absolute atomic E-state index is 12.2. The summed E-state index contributed by atoms with van der Waals surface area (Å²) >= 11 is 0. The maximum Gasteiger partial charge on any atom is 0.308 e. The number of phenolic OH excluding ortho intramolecular Hbond substituents is 1. The summed E-state index contributed by atoms with van der Waals surface area (Å²) in [5.74, 6) is -0.0530. The predicted molar refractivity (Wildman–Crippen MR) is 123 cm³/mol. The largest absolute Gasteiger partial charge is 0.508 e. The molecule has 0 saturated heterocycles. The molecule has 0 aliphatic heterocycles. The number of nitro groups is 1. The van der Waals surface area contributed by atoms with Gasteiger partial charge in [-0.05, 0) is 56.6 Å². The molecule has 0 fully saturated rings. The van der Waals surface area contributed by atoms with Crippen molar-refractivity contribution in [2.75, 3.05) is 28.2 Å². The number of aromatic nitrogens is 1. The van der Waals surface area contributed by atoms with Crippen LogP contribution in [0.25, 0.3) is 22.7 Å². The van der Waals surface area contributed by atoms with Gasteiger partial charge in [0.25, 0.3) is 0 Å². The van der Waals surface area contributed by atoms with E-state index in [1.54, 1.807) is 46.0 Å². The van der Waals surface area contributed by atoms with Crippen LogP contribution >= 0.6 is 0 Å². The van der Waals surface area contributed by atoms with Crippen LogP contribution in [0.2, 0.25) is 0 Å². The lowest BCUT2D eigenvalue weighted by Crippen LogP contribution is -2.14. The van der Waals surface area contributed by atoms with E-state index in [9.17, 15) is 20.0 Å². The second kappa shape index (κ2) is 9.11. The monoisotopic (exact) mass is 438 g/mol. The van der Waals surface area contributed by atoms with E-state index in [1.165, 1.54) is 19.1 Å². The first kappa shape index (κ1) is 22.8. The molecule has 3 rings (SSSR count). The first-order chi connectivity index (χ1) is 15.1. The Morgan fingerprint density at radius 2 is 1.81 bits per heavy atom. The Morgan fingerprint density at radius 3 is 2.34 bits per heavy atom. The van der Waals surface area contributed by atoms with Gasteiger partial charge in [0.2, 0.25) is 0 Å². The minimum absolute atomic E-state index is 0.0550. The molecule has 0 bridgehead atoms. The summed E-state index contributed by atoms with van der Waals surface area (Å²) in [5.41, 5.74) is 2.14. The molecular formula is C23H26N4O5. The highest BCUT2D eigenvalue weighted by Gasteiger charge is 2.29. The van der Waals surface area contributed by atoms with Crippen LogP contribution < -0.4 is 4.74 Å². The number of ether oxygens (including phenoxy) is 1. The fraction of sp³-hybridized carbons (Fsp3) is 0.261. The Hall–Kier alpha value is -3.85. The number of benzene rings is 2. The average molecular weight is 438 g/mol. The van der Waals surface area contributed by atoms with Gasteiger partial charge in [0.15, 0.2) is 0 Å². The van der Waals surface area contributed by atoms with E-state index in [2.05, 4.69) is 0 Å². The predicted octanol–water partition coefficient (Wildman–Crippen LogP) is 3.76. The maximum atomic E-state index is 12.2. The number of fused-ring (bicyclic) bond motifs is 1. The number of rotatable bonds is 7. The number of carbonyl (C=O) groups is 1. The van der Waals surface area contributed by atoms with E-state index in [0.717, 1.165) is 0 Å². The number of hydrogen-bond donors (Lipinski definition) is 1. The summed E-state index contributed by atoms with van der Waals surface area (Å²) in [5, 5.41) is 22.4. The Balaban J connectivity index is 2.53. The molecule has 0 atom stereocenters. The molecule has 32 heavy (non-hydrogen) atoms. The lowest BCUT2D eigenvalue weighted by atomic mass is 10.1. The SMILES string of the molecule is CC(=O)Oc1ccc2c([N+](=O)[O-])c(C=CN(C)C)n(-c3ccc(O)cc3)c2c1CN(C)C. The molecule has 2 aromatic carbocycles. The van der Waals surface area contributed by atoms with E-state index in [4.69, 9.17) is 4.74 Å². The van der Waals surface area contributed by atoms with E-state index >= 15 is 0 Å². The topological polar surface area (TPSA) is 101 Å². The first-order valence-corrected chi connectivity index (χ1v) is 9.92. The molecule has 0 aliphatic carbocycles. The van der Waals surface area contributed by atoms with Gasteiger partial charge in [0.1, 0.15) is 17.2 Å². The third kappa shape index (κ3) is 4.57. The third-order valence-corrected chi connectivity index (χ3v) is 4.75. The van der Waals surface area contributed by atoms with Crippen LogP contribution in [0, 0.1) is 10.1 Å². The van der Waals surface area contributed by atoms with Gasteiger partial charge in [0.05, 0.1) is 15.8 Å². The molecule has 1 heterocycles. The summed E-state index contributed by atoms with van der Waals surface area (Å²) in [6.45, 7) is 1.70. The van der Waals surface area contributed by atoms with Gasteiger partial charge in [-0.25, -0.2) is 0 Å². The zero-order chi connectivity index (χ0) is 23.6. The van der Waals surface area contributed by atoms with Crippen molar-refractivity contribution in [2.24, 2.45) is 0 Å². The minimum atomic E-state index is -0.477. The summed E-state index contributed by atoms with van der Waals surface area (Å²) < 4.78 is 7.22. The Morgan fingerprint density at radius 1 is 1.16 bits per heavy atom. The van der Waals surface area contributed by atoms with E-state index in [0.29, 0.717) is 40.1 Å². The molecule has 9 nitrogen and oxygen atoms in total. The van der Waals surface area contributed by atoms with Crippen molar-refractivity contribution in [3.63, 3.8) is 0 Å². The number of nitrogens with zero attached hydrogens (tertiary/aromatic N) is 4. The van der Waals surface area contributed by atoms with Gasteiger partial charge < -0.3 is 24.2 Å².